The van der Waals surface area contributed by atoms with E-state index in [4.69, 9.17) is 0 Å². The van der Waals surface area contributed by atoms with E-state index < -0.39 is 12.9 Å². The van der Waals surface area contributed by atoms with Crippen molar-refractivity contribution >= 4 is 62.1 Å². The largest absolute Gasteiger partial charge is 0.459 e. The predicted octanol–water partition coefficient (Wildman–Crippen LogP) is 6.53. The second kappa shape index (κ2) is 7.74. The molecule has 5 heteroatoms. The highest BCUT2D eigenvalue weighted by atomic mass is 16.4. The number of hydrogen-bond acceptors (Lipinski definition) is 2. The molecule has 168 valence electrons. The number of nitrogens with zero attached hydrogens (tertiary/aromatic N) is 2. The van der Waals surface area contributed by atoms with Crippen LogP contribution in [0.25, 0.3) is 55.0 Å². The van der Waals surface area contributed by atoms with Gasteiger partial charge in [-0.2, -0.15) is 0 Å². The van der Waals surface area contributed by atoms with Gasteiger partial charge >= 0.3 is 7.12 Å². The molecule has 35 heavy (non-hydrogen) atoms. The van der Waals surface area contributed by atoms with E-state index in [1.807, 2.05) is 6.08 Å². The molecule has 0 amide bonds. The molecular weight excluding hydrogens is 431 g/mol. The molecule has 4 nitrogen and oxygen atoms in total. The van der Waals surface area contributed by atoms with Crippen LogP contribution in [0, 0.1) is 0 Å². The second-order valence-electron chi connectivity index (χ2n) is 9.25. The van der Waals surface area contributed by atoms with E-state index in [0.717, 1.165) is 33.5 Å². The van der Waals surface area contributed by atoms with E-state index in [9.17, 15) is 10.0 Å². The van der Waals surface area contributed by atoms with Crippen molar-refractivity contribution in [3.05, 3.63) is 109 Å². The minimum atomic E-state index is -1.45. The highest BCUT2D eigenvalue weighted by Crippen LogP contribution is 2.41. The lowest BCUT2D eigenvalue weighted by atomic mass is 9.68. The van der Waals surface area contributed by atoms with Gasteiger partial charge in [0.2, 0.25) is 0 Å². The van der Waals surface area contributed by atoms with Crippen LogP contribution in [0.1, 0.15) is 6.42 Å². The Labute approximate surface area is 202 Å². The summed E-state index contributed by atoms with van der Waals surface area (Å²) in [4.78, 5) is 0. The fraction of sp³-hybridized carbons (Fsp3) is 0.0667. The topological polar surface area (TPSA) is 50.3 Å². The van der Waals surface area contributed by atoms with Crippen LogP contribution in [-0.2, 0) is 0 Å². The van der Waals surface area contributed by atoms with Crippen molar-refractivity contribution in [1.29, 1.82) is 0 Å². The molecule has 6 aromatic rings. The number of para-hydroxylation sites is 4. The average Bonchev–Trinajstić information content (AvgIpc) is 3.42. The molecule has 0 spiro atoms. The molecule has 0 aliphatic heterocycles. The minimum Gasteiger partial charge on any atom is -0.427 e. The standard InChI is InChI=1S/C30H23BN2O2/c34-31(35)20-17-21(32-27-13-5-1-9-23(27)24-10-2-6-14-28(24)32)19-22(18-20)33-29-15-7-3-11-25(29)26-12-4-8-16-30(26)33/h1-17,19-20,34-35H,18H2. The van der Waals surface area contributed by atoms with Crippen LogP contribution in [0.2, 0.25) is 5.82 Å². The molecule has 1 aliphatic carbocycles. The van der Waals surface area contributed by atoms with Gasteiger partial charge in [-0.05, 0) is 36.8 Å². The Hall–Kier alpha value is -4.06. The van der Waals surface area contributed by atoms with Crippen LogP contribution in [0.3, 0.4) is 0 Å². The normalized spacial score (nSPS) is 16.2. The van der Waals surface area contributed by atoms with Crippen molar-refractivity contribution in [3.8, 4) is 0 Å². The van der Waals surface area contributed by atoms with Crippen LogP contribution in [0.15, 0.2) is 109 Å². The summed E-state index contributed by atoms with van der Waals surface area (Å²) in [7, 11) is -1.45. The Morgan fingerprint density at radius 2 is 0.971 bits per heavy atom. The fourth-order valence-corrected chi connectivity index (χ4v) is 5.72. The van der Waals surface area contributed by atoms with Gasteiger partial charge in [0.1, 0.15) is 0 Å². The molecule has 1 aliphatic rings. The number of aromatic nitrogens is 2. The summed E-state index contributed by atoms with van der Waals surface area (Å²) >= 11 is 0. The smallest absolute Gasteiger partial charge is 0.427 e. The predicted molar refractivity (Wildman–Crippen MR) is 146 cm³/mol. The van der Waals surface area contributed by atoms with Crippen molar-refractivity contribution in [1.82, 2.24) is 9.13 Å². The van der Waals surface area contributed by atoms with Crippen LogP contribution < -0.4 is 0 Å². The number of allylic oxidation sites excluding steroid dienone is 4. The maximum Gasteiger partial charge on any atom is 0.459 e. The van der Waals surface area contributed by atoms with Crippen LogP contribution in [0.5, 0.6) is 0 Å². The Morgan fingerprint density at radius 1 is 0.571 bits per heavy atom. The van der Waals surface area contributed by atoms with Crippen molar-refractivity contribution in [2.75, 3.05) is 0 Å². The van der Waals surface area contributed by atoms with E-state index in [-0.39, 0.29) is 0 Å². The molecule has 1 unspecified atom stereocenters. The van der Waals surface area contributed by atoms with Gasteiger partial charge in [-0.1, -0.05) is 78.9 Å². The first-order valence-corrected chi connectivity index (χ1v) is 12.0. The molecule has 2 aromatic heterocycles. The van der Waals surface area contributed by atoms with Crippen molar-refractivity contribution in [3.63, 3.8) is 0 Å². The lowest BCUT2D eigenvalue weighted by molar-refractivity contribution is 0.394. The maximum absolute atomic E-state index is 10.3. The zero-order valence-corrected chi connectivity index (χ0v) is 19.0. The molecule has 1 atom stereocenters. The quantitative estimate of drug-likeness (QED) is 0.299. The summed E-state index contributed by atoms with van der Waals surface area (Å²) in [6.45, 7) is 0. The van der Waals surface area contributed by atoms with Gasteiger partial charge in [0.05, 0.1) is 22.1 Å². The molecule has 0 radical (unpaired) electrons. The number of rotatable bonds is 3. The highest BCUT2D eigenvalue weighted by molar-refractivity contribution is 6.44. The Balaban J connectivity index is 1.54. The van der Waals surface area contributed by atoms with E-state index in [2.05, 4.69) is 112 Å². The lowest BCUT2D eigenvalue weighted by Crippen LogP contribution is -2.22. The Kier molecular flexibility index (Phi) is 4.49. The van der Waals surface area contributed by atoms with E-state index >= 15 is 0 Å². The van der Waals surface area contributed by atoms with Gasteiger partial charge in [-0.15, -0.1) is 0 Å². The molecule has 2 N–H and O–H groups in total. The first kappa shape index (κ1) is 20.3. The molecular formula is C30H23BN2O2. The third-order valence-corrected chi connectivity index (χ3v) is 7.23. The van der Waals surface area contributed by atoms with Crippen LogP contribution >= 0.6 is 0 Å². The maximum atomic E-state index is 10.3. The summed E-state index contributed by atoms with van der Waals surface area (Å²) in [5.41, 5.74) is 6.43. The highest BCUT2D eigenvalue weighted by Gasteiger charge is 2.29. The zero-order chi connectivity index (χ0) is 23.5. The summed E-state index contributed by atoms with van der Waals surface area (Å²) in [6, 6.07) is 33.6. The van der Waals surface area contributed by atoms with Gasteiger partial charge in [0.25, 0.3) is 0 Å². The monoisotopic (exact) mass is 454 g/mol. The summed E-state index contributed by atoms with van der Waals surface area (Å²) in [5.74, 6) is -0.426. The van der Waals surface area contributed by atoms with Gasteiger partial charge in [-0.3, -0.25) is 0 Å². The van der Waals surface area contributed by atoms with Crippen molar-refractivity contribution in [2.45, 2.75) is 12.2 Å². The number of fused-ring (bicyclic) bond motifs is 6. The van der Waals surface area contributed by atoms with Gasteiger partial charge < -0.3 is 19.2 Å². The third-order valence-electron chi connectivity index (χ3n) is 7.23. The van der Waals surface area contributed by atoms with Gasteiger partial charge in [-0.25, -0.2) is 0 Å². The lowest BCUT2D eigenvalue weighted by Gasteiger charge is -2.24. The third kappa shape index (κ3) is 3.02. The summed E-state index contributed by atoms with van der Waals surface area (Å²) in [5, 5.41) is 25.4. The molecule has 0 bridgehead atoms. The van der Waals surface area contributed by atoms with E-state index in [1.54, 1.807) is 0 Å². The zero-order valence-electron chi connectivity index (χ0n) is 19.0. The average molecular weight is 454 g/mol. The number of benzene rings is 4. The summed E-state index contributed by atoms with van der Waals surface area (Å²) < 4.78 is 4.52. The second-order valence-corrected chi connectivity index (χ2v) is 9.25. The first-order valence-electron chi connectivity index (χ1n) is 12.0. The SMILES string of the molecule is OB(O)C1C=C(n2c3ccccc3c3ccccc32)C=C(n2c3ccccc3c3ccccc32)C1. The van der Waals surface area contributed by atoms with Crippen LogP contribution in [0.4, 0.5) is 0 Å². The van der Waals surface area contributed by atoms with Gasteiger partial charge in [0, 0.05) is 38.8 Å². The van der Waals surface area contributed by atoms with Gasteiger partial charge in [0.15, 0.2) is 0 Å². The molecule has 0 fully saturated rings. The van der Waals surface area contributed by atoms with Crippen molar-refractivity contribution < 1.29 is 10.0 Å². The Bertz CT molecular complexity index is 1720. The molecule has 2 heterocycles. The minimum absolute atomic E-state index is 0.426. The van der Waals surface area contributed by atoms with Crippen molar-refractivity contribution in [2.24, 2.45) is 0 Å². The van der Waals surface area contributed by atoms with E-state index in [1.165, 1.54) is 21.5 Å². The molecule has 4 aromatic carbocycles. The summed E-state index contributed by atoms with van der Waals surface area (Å²) in [6.07, 6.45) is 4.73. The first-order chi connectivity index (χ1) is 17.2. The molecule has 7 rings (SSSR count). The fourth-order valence-electron chi connectivity index (χ4n) is 5.72. The molecule has 0 saturated carbocycles. The Morgan fingerprint density at radius 3 is 1.40 bits per heavy atom. The molecule has 0 saturated heterocycles. The van der Waals surface area contributed by atoms with E-state index in [0.29, 0.717) is 6.42 Å². The number of hydrogen-bond donors (Lipinski definition) is 2. The van der Waals surface area contributed by atoms with Crippen LogP contribution in [-0.4, -0.2) is 26.3 Å².